The molecule has 1 amide bonds. The smallest absolute Gasteiger partial charge is 0.387 e. The Labute approximate surface area is 155 Å². The van der Waals surface area contributed by atoms with Crippen LogP contribution in [0.25, 0.3) is 0 Å². The van der Waals surface area contributed by atoms with Gasteiger partial charge in [0, 0.05) is 6.92 Å². The number of esters is 1. The van der Waals surface area contributed by atoms with Crippen molar-refractivity contribution in [1.82, 2.24) is 0 Å². The van der Waals surface area contributed by atoms with E-state index < -0.39 is 12.6 Å². The third kappa shape index (κ3) is 5.40. The number of hydrogen-bond donors (Lipinski definition) is 1. The second-order valence-corrected chi connectivity index (χ2v) is 5.62. The summed E-state index contributed by atoms with van der Waals surface area (Å²) in [5, 5.41) is 2.62. The molecule has 0 atom stereocenters. The molecule has 8 heteroatoms. The van der Waals surface area contributed by atoms with Gasteiger partial charge in [-0.15, -0.1) is 0 Å². The Hall–Kier alpha value is -3.16. The van der Waals surface area contributed by atoms with Gasteiger partial charge in [0.05, 0.1) is 18.4 Å². The summed E-state index contributed by atoms with van der Waals surface area (Å²) < 4.78 is 39.4. The van der Waals surface area contributed by atoms with Crippen LogP contribution in [0.1, 0.15) is 28.4 Å². The Morgan fingerprint density at radius 3 is 2.52 bits per heavy atom. The van der Waals surface area contributed by atoms with Crippen LogP contribution in [0.5, 0.6) is 11.5 Å². The predicted octanol–water partition coefficient (Wildman–Crippen LogP) is 3.92. The van der Waals surface area contributed by atoms with Crippen LogP contribution in [0.15, 0.2) is 36.4 Å². The highest BCUT2D eigenvalue weighted by Crippen LogP contribution is 2.30. The van der Waals surface area contributed by atoms with Crippen molar-refractivity contribution in [2.24, 2.45) is 0 Å². The number of alkyl halides is 2. The number of ether oxygens (including phenoxy) is 3. The van der Waals surface area contributed by atoms with Crippen LogP contribution >= 0.6 is 0 Å². The standard InChI is InChI=1S/C19H19F2NO5/c1-11-5-4-6-14(17(11)22-12(2)23)18(24)26-10-13-7-8-15(27-19(20)21)16(9-13)25-3/h4-9,19H,10H2,1-3H3,(H,22,23). The number of anilines is 1. The van der Waals surface area contributed by atoms with Crippen molar-refractivity contribution < 1.29 is 32.6 Å². The number of halogens is 2. The summed E-state index contributed by atoms with van der Waals surface area (Å²) in [5.41, 5.74) is 1.84. The van der Waals surface area contributed by atoms with E-state index in [1.165, 1.54) is 32.2 Å². The van der Waals surface area contributed by atoms with E-state index in [0.29, 0.717) is 11.3 Å². The van der Waals surface area contributed by atoms with Crippen molar-refractivity contribution in [1.29, 1.82) is 0 Å². The number of nitrogens with one attached hydrogen (secondary N) is 1. The predicted molar refractivity (Wildman–Crippen MR) is 94.2 cm³/mol. The van der Waals surface area contributed by atoms with Crippen LogP contribution in [0, 0.1) is 6.92 Å². The quantitative estimate of drug-likeness (QED) is 0.738. The molecule has 0 aromatic heterocycles. The fourth-order valence-electron chi connectivity index (χ4n) is 2.40. The van der Waals surface area contributed by atoms with Crippen LogP contribution in [-0.2, 0) is 16.1 Å². The van der Waals surface area contributed by atoms with Gasteiger partial charge in [0.2, 0.25) is 5.91 Å². The average Bonchev–Trinajstić information content (AvgIpc) is 2.61. The Balaban J connectivity index is 2.14. The van der Waals surface area contributed by atoms with Gasteiger partial charge in [-0.3, -0.25) is 4.79 Å². The number of benzene rings is 2. The zero-order chi connectivity index (χ0) is 20.0. The highest BCUT2D eigenvalue weighted by atomic mass is 19.3. The zero-order valence-corrected chi connectivity index (χ0v) is 15.0. The number of carbonyl (C=O) groups excluding carboxylic acids is 2. The van der Waals surface area contributed by atoms with Crippen LogP contribution in [0.2, 0.25) is 0 Å². The molecule has 0 spiro atoms. The molecular formula is C19H19F2NO5. The van der Waals surface area contributed by atoms with Crippen molar-refractivity contribution in [2.75, 3.05) is 12.4 Å². The van der Waals surface area contributed by atoms with E-state index in [9.17, 15) is 18.4 Å². The van der Waals surface area contributed by atoms with E-state index in [1.807, 2.05) is 0 Å². The topological polar surface area (TPSA) is 73.9 Å². The first-order valence-corrected chi connectivity index (χ1v) is 7.98. The summed E-state index contributed by atoms with van der Waals surface area (Å²) in [7, 11) is 1.32. The second kappa shape index (κ2) is 8.98. The van der Waals surface area contributed by atoms with E-state index in [2.05, 4.69) is 10.1 Å². The lowest BCUT2D eigenvalue weighted by Gasteiger charge is -2.14. The molecule has 2 aromatic carbocycles. The van der Waals surface area contributed by atoms with E-state index in [0.717, 1.165) is 5.56 Å². The van der Waals surface area contributed by atoms with Gasteiger partial charge in [-0.05, 0) is 36.2 Å². The van der Waals surface area contributed by atoms with Crippen LogP contribution in [0.3, 0.4) is 0 Å². The zero-order valence-electron chi connectivity index (χ0n) is 15.0. The molecular weight excluding hydrogens is 360 g/mol. The van der Waals surface area contributed by atoms with Crippen molar-refractivity contribution >= 4 is 17.6 Å². The van der Waals surface area contributed by atoms with E-state index in [1.54, 1.807) is 25.1 Å². The molecule has 0 unspecified atom stereocenters. The molecule has 0 heterocycles. The van der Waals surface area contributed by atoms with Crippen molar-refractivity contribution in [3.05, 3.63) is 53.1 Å². The summed E-state index contributed by atoms with van der Waals surface area (Å²) in [4.78, 5) is 23.8. The normalized spacial score (nSPS) is 10.4. The van der Waals surface area contributed by atoms with Crippen LogP contribution in [-0.4, -0.2) is 25.6 Å². The second-order valence-electron chi connectivity index (χ2n) is 5.62. The molecule has 2 aromatic rings. The Morgan fingerprint density at radius 1 is 1.15 bits per heavy atom. The maximum atomic E-state index is 12.4. The molecule has 0 aliphatic heterocycles. The molecule has 0 aliphatic carbocycles. The molecule has 0 radical (unpaired) electrons. The van der Waals surface area contributed by atoms with Gasteiger partial charge >= 0.3 is 12.6 Å². The molecule has 0 saturated heterocycles. The minimum absolute atomic E-state index is 0.0957. The number of hydrogen-bond acceptors (Lipinski definition) is 5. The highest BCUT2D eigenvalue weighted by molar-refractivity contribution is 6.01. The van der Waals surface area contributed by atoms with Crippen molar-refractivity contribution in [2.45, 2.75) is 27.1 Å². The molecule has 144 valence electrons. The van der Waals surface area contributed by atoms with Gasteiger partial charge < -0.3 is 19.5 Å². The van der Waals surface area contributed by atoms with Gasteiger partial charge in [0.25, 0.3) is 0 Å². The summed E-state index contributed by atoms with van der Waals surface area (Å²) in [6.07, 6.45) is 0. The largest absolute Gasteiger partial charge is 0.493 e. The fraction of sp³-hybridized carbons (Fsp3) is 0.263. The van der Waals surface area contributed by atoms with Gasteiger partial charge in [-0.25, -0.2) is 4.79 Å². The van der Waals surface area contributed by atoms with Crippen molar-refractivity contribution in [3.63, 3.8) is 0 Å². The molecule has 27 heavy (non-hydrogen) atoms. The lowest BCUT2D eigenvalue weighted by Crippen LogP contribution is -2.14. The molecule has 6 nitrogen and oxygen atoms in total. The maximum Gasteiger partial charge on any atom is 0.387 e. The summed E-state index contributed by atoms with van der Waals surface area (Å²) in [6, 6.07) is 9.21. The third-order valence-electron chi connectivity index (χ3n) is 3.61. The minimum atomic E-state index is -2.98. The number of amides is 1. The van der Waals surface area contributed by atoms with Crippen LogP contribution in [0.4, 0.5) is 14.5 Å². The average molecular weight is 379 g/mol. The number of methoxy groups -OCH3 is 1. The lowest BCUT2D eigenvalue weighted by molar-refractivity contribution is -0.114. The molecule has 1 N–H and O–H groups in total. The van der Waals surface area contributed by atoms with Crippen LogP contribution < -0.4 is 14.8 Å². The molecule has 0 bridgehead atoms. The first kappa shape index (κ1) is 20.2. The Kier molecular flexibility index (Phi) is 6.70. The molecule has 2 rings (SSSR count). The fourth-order valence-corrected chi connectivity index (χ4v) is 2.40. The Bertz CT molecular complexity index is 839. The molecule has 0 saturated carbocycles. The number of para-hydroxylation sites is 1. The number of rotatable bonds is 7. The van der Waals surface area contributed by atoms with Gasteiger partial charge in [-0.2, -0.15) is 8.78 Å². The third-order valence-corrected chi connectivity index (χ3v) is 3.61. The highest BCUT2D eigenvalue weighted by Gasteiger charge is 2.17. The summed E-state index contributed by atoms with van der Waals surface area (Å²) in [5.74, 6) is -0.959. The number of aryl methyl sites for hydroxylation is 1. The van der Waals surface area contributed by atoms with Gasteiger partial charge in [0.1, 0.15) is 6.61 Å². The minimum Gasteiger partial charge on any atom is -0.493 e. The maximum absolute atomic E-state index is 12.4. The summed E-state index contributed by atoms with van der Waals surface area (Å²) >= 11 is 0. The lowest BCUT2D eigenvalue weighted by atomic mass is 10.1. The van der Waals surface area contributed by atoms with Crippen molar-refractivity contribution in [3.8, 4) is 11.5 Å². The molecule has 0 aliphatic rings. The first-order valence-electron chi connectivity index (χ1n) is 7.98. The number of carbonyl (C=O) groups is 2. The summed E-state index contributed by atoms with van der Waals surface area (Å²) in [6.45, 7) is 0.0134. The monoisotopic (exact) mass is 379 g/mol. The van der Waals surface area contributed by atoms with Gasteiger partial charge in [0.15, 0.2) is 11.5 Å². The van der Waals surface area contributed by atoms with Gasteiger partial charge in [-0.1, -0.05) is 18.2 Å². The first-order chi connectivity index (χ1) is 12.8. The van der Waals surface area contributed by atoms with E-state index in [-0.39, 0.29) is 29.6 Å². The van der Waals surface area contributed by atoms with E-state index >= 15 is 0 Å². The van der Waals surface area contributed by atoms with E-state index in [4.69, 9.17) is 9.47 Å². The Morgan fingerprint density at radius 2 is 1.89 bits per heavy atom. The molecule has 0 fully saturated rings. The SMILES string of the molecule is COc1cc(COC(=O)c2cccc(C)c2NC(C)=O)ccc1OC(F)F.